The fourth-order valence-corrected chi connectivity index (χ4v) is 5.15. The van der Waals surface area contributed by atoms with Crippen molar-refractivity contribution in [2.24, 2.45) is 5.84 Å². The predicted molar refractivity (Wildman–Crippen MR) is 137 cm³/mol. The quantitative estimate of drug-likeness (QED) is 0.270. The van der Waals surface area contributed by atoms with Gasteiger partial charge >= 0.3 is 0 Å². The third kappa shape index (κ3) is 5.27. The Balaban J connectivity index is 1.67. The Labute approximate surface area is 206 Å². The molecule has 0 aliphatic carbocycles. The van der Waals surface area contributed by atoms with Gasteiger partial charge in [0.1, 0.15) is 6.04 Å². The topological polar surface area (TPSA) is 105 Å². The molecule has 0 spiro atoms. The minimum absolute atomic E-state index is 0.0454. The molecule has 1 aromatic heterocycles. The number of hydrogen-bond acceptors (Lipinski definition) is 6. The lowest BCUT2D eigenvalue weighted by Gasteiger charge is -2.29. The largest absolute Gasteiger partial charge is 0.350 e. The molecule has 0 saturated carbocycles. The van der Waals surface area contributed by atoms with Gasteiger partial charge in [0, 0.05) is 35.1 Å². The van der Waals surface area contributed by atoms with Crippen molar-refractivity contribution in [3.05, 3.63) is 101 Å². The van der Waals surface area contributed by atoms with Crippen LogP contribution in [0, 0.1) is 0 Å². The summed E-state index contributed by atoms with van der Waals surface area (Å²) in [5.74, 6) is 6.16. The highest BCUT2D eigenvalue weighted by atomic mass is 79.9. The standard InChI is InChI=1S/C25H23BrN4O3S/c1-34(32,33)23-8-3-2-5-20(23)16-29-25(31)24(18-6-4-7-21(26)13-18)30(27)22-10-9-19-15-28-12-11-17(19)14-22/h2-15,24H,16,27H2,1H3,(H,29,31). The van der Waals surface area contributed by atoms with Gasteiger partial charge in [0.15, 0.2) is 9.84 Å². The van der Waals surface area contributed by atoms with E-state index in [-0.39, 0.29) is 17.3 Å². The molecule has 0 bridgehead atoms. The Bertz CT molecular complexity index is 1460. The number of hydrogen-bond donors (Lipinski definition) is 2. The summed E-state index contributed by atoms with van der Waals surface area (Å²) in [6.45, 7) is 0.0454. The second kappa shape index (κ2) is 9.92. The number of hydrazine groups is 1. The Morgan fingerprint density at radius 3 is 2.62 bits per heavy atom. The fourth-order valence-electron chi connectivity index (χ4n) is 3.79. The number of aromatic nitrogens is 1. The Hall–Kier alpha value is -3.27. The van der Waals surface area contributed by atoms with Gasteiger partial charge in [0.2, 0.25) is 5.91 Å². The molecular weight excluding hydrogens is 516 g/mol. The maximum atomic E-state index is 13.5. The van der Waals surface area contributed by atoms with Gasteiger partial charge in [0.25, 0.3) is 0 Å². The Morgan fingerprint density at radius 1 is 1.06 bits per heavy atom. The van der Waals surface area contributed by atoms with E-state index in [4.69, 9.17) is 5.84 Å². The number of amides is 1. The normalized spacial score (nSPS) is 12.3. The smallest absolute Gasteiger partial charge is 0.249 e. The first-order valence-corrected chi connectivity index (χ1v) is 13.1. The minimum Gasteiger partial charge on any atom is -0.350 e. The summed E-state index contributed by atoms with van der Waals surface area (Å²) in [6.07, 6.45) is 4.61. The molecule has 9 heteroatoms. The summed E-state index contributed by atoms with van der Waals surface area (Å²) >= 11 is 3.46. The number of nitrogens with one attached hydrogen (secondary N) is 1. The van der Waals surface area contributed by atoms with Gasteiger partial charge in [-0.1, -0.05) is 52.3 Å². The average Bonchev–Trinajstić information content (AvgIpc) is 2.82. The molecule has 1 atom stereocenters. The first-order valence-electron chi connectivity index (χ1n) is 10.4. The molecule has 7 nitrogen and oxygen atoms in total. The van der Waals surface area contributed by atoms with E-state index in [0.29, 0.717) is 16.8 Å². The summed E-state index contributed by atoms with van der Waals surface area (Å²) < 4.78 is 25.1. The third-order valence-electron chi connectivity index (χ3n) is 5.44. The van der Waals surface area contributed by atoms with Crippen LogP contribution in [-0.2, 0) is 21.2 Å². The van der Waals surface area contributed by atoms with Gasteiger partial charge < -0.3 is 5.32 Å². The lowest BCUT2D eigenvalue weighted by Crippen LogP contribution is -2.44. The van der Waals surface area contributed by atoms with Crippen LogP contribution in [0.25, 0.3) is 10.8 Å². The molecule has 1 heterocycles. The van der Waals surface area contributed by atoms with Crippen molar-refractivity contribution in [3.63, 3.8) is 0 Å². The number of benzene rings is 3. The van der Waals surface area contributed by atoms with Crippen LogP contribution in [0.3, 0.4) is 0 Å². The summed E-state index contributed by atoms with van der Waals surface area (Å²) in [5.41, 5.74) is 1.84. The van der Waals surface area contributed by atoms with Crippen molar-refractivity contribution >= 4 is 48.1 Å². The van der Waals surface area contributed by atoms with E-state index in [2.05, 4.69) is 26.2 Å². The Kier molecular flexibility index (Phi) is 6.97. The fraction of sp³-hybridized carbons (Fsp3) is 0.120. The van der Waals surface area contributed by atoms with Crippen LogP contribution in [0.4, 0.5) is 5.69 Å². The van der Waals surface area contributed by atoms with Gasteiger partial charge in [-0.15, -0.1) is 0 Å². The molecule has 0 aliphatic heterocycles. The maximum absolute atomic E-state index is 13.5. The van der Waals surface area contributed by atoms with Crippen molar-refractivity contribution in [1.82, 2.24) is 10.3 Å². The summed E-state index contributed by atoms with van der Waals surface area (Å²) in [5, 5.41) is 6.18. The van der Waals surface area contributed by atoms with Crippen LogP contribution >= 0.6 is 15.9 Å². The molecule has 34 heavy (non-hydrogen) atoms. The van der Waals surface area contributed by atoms with Gasteiger partial charge in [0.05, 0.1) is 10.6 Å². The zero-order valence-corrected chi connectivity index (χ0v) is 20.8. The molecule has 1 amide bonds. The SMILES string of the molecule is CS(=O)(=O)c1ccccc1CNC(=O)C(c1cccc(Br)c1)N(N)c1ccc2cnccc2c1. The first kappa shape index (κ1) is 23.9. The van der Waals surface area contributed by atoms with Gasteiger partial charge in [-0.25, -0.2) is 14.3 Å². The first-order chi connectivity index (χ1) is 16.2. The van der Waals surface area contributed by atoms with Crippen LogP contribution in [0.1, 0.15) is 17.2 Å². The van der Waals surface area contributed by atoms with Gasteiger partial charge in [-0.05, 0) is 52.9 Å². The van der Waals surface area contributed by atoms with E-state index in [1.807, 2.05) is 48.5 Å². The number of pyridine rings is 1. The molecule has 3 aromatic carbocycles. The molecule has 3 N–H and O–H groups in total. The van der Waals surface area contributed by atoms with E-state index in [9.17, 15) is 13.2 Å². The lowest BCUT2D eigenvalue weighted by atomic mass is 10.0. The number of rotatable bonds is 7. The minimum atomic E-state index is -3.44. The monoisotopic (exact) mass is 538 g/mol. The highest BCUT2D eigenvalue weighted by Gasteiger charge is 2.27. The third-order valence-corrected chi connectivity index (χ3v) is 7.13. The number of carbonyl (C=O) groups excluding carboxylic acids is 1. The number of nitrogens with zero attached hydrogens (tertiary/aromatic N) is 2. The van der Waals surface area contributed by atoms with Crippen LogP contribution in [0.2, 0.25) is 0 Å². The molecule has 0 radical (unpaired) electrons. The van der Waals surface area contributed by atoms with Crippen LogP contribution < -0.4 is 16.2 Å². The van der Waals surface area contributed by atoms with Crippen LogP contribution in [0.15, 0.2) is 94.6 Å². The maximum Gasteiger partial charge on any atom is 0.249 e. The van der Waals surface area contributed by atoms with Crippen molar-refractivity contribution in [2.75, 3.05) is 11.3 Å². The summed E-state index contributed by atoms with van der Waals surface area (Å²) in [6, 6.07) is 20.6. The molecular formula is C25H23BrN4O3S. The van der Waals surface area contributed by atoms with E-state index in [0.717, 1.165) is 21.5 Å². The number of nitrogens with two attached hydrogens (primary N) is 1. The number of carbonyl (C=O) groups is 1. The van der Waals surface area contributed by atoms with Crippen LogP contribution in [-0.4, -0.2) is 25.6 Å². The number of anilines is 1. The van der Waals surface area contributed by atoms with Crippen molar-refractivity contribution < 1.29 is 13.2 Å². The number of fused-ring (bicyclic) bond motifs is 1. The summed E-state index contributed by atoms with van der Waals surface area (Å²) in [4.78, 5) is 17.8. The zero-order chi connectivity index (χ0) is 24.3. The molecule has 0 aliphatic rings. The predicted octanol–water partition coefficient (Wildman–Crippen LogP) is 4.14. The molecule has 4 aromatic rings. The molecule has 1 unspecified atom stereocenters. The molecule has 4 rings (SSSR count). The Morgan fingerprint density at radius 2 is 1.85 bits per heavy atom. The van der Waals surface area contributed by atoms with Crippen molar-refractivity contribution in [3.8, 4) is 0 Å². The van der Waals surface area contributed by atoms with Crippen molar-refractivity contribution in [2.45, 2.75) is 17.5 Å². The summed E-state index contributed by atoms with van der Waals surface area (Å²) in [7, 11) is -3.44. The van der Waals surface area contributed by atoms with E-state index >= 15 is 0 Å². The van der Waals surface area contributed by atoms with E-state index < -0.39 is 15.9 Å². The number of halogens is 1. The highest BCUT2D eigenvalue weighted by molar-refractivity contribution is 9.10. The second-order valence-electron chi connectivity index (χ2n) is 7.87. The number of sulfone groups is 1. The van der Waals surface area contributed by atoms with E-state index in [1.165, 1.54) is 11.1 Å². The van der Waals surface area contributed by atoms with Gasteiger partial charge in [-0.2, -0.15) is 0 Å². The van der Waals surface area contributed by atoms with Gasteiger partial charge in [-0.3, -0.25) is 14.8 Å². The zero-order valence-electron chi connectivity index (χ0n) is 18.4. The highest BCUT2D eigenvalue weighted by Crippen LogP contribution is 2.29. The molecule has 0 fully saturated rings. The van der Waals surface area contributed by atoms with Crippen molar-refractivity contribution in [1.29, 1.82) is 0 Å². The van der Waals surface area contributed by atoms with Crippen LogP contribution in [0.5, 0.6) is 0 Å². The van der Waals surface area contributed by atoms with E-state index in [1.54, 1.807) is 30.6 Å². The molecule has 174 valence electrons. The lowest BCUT2D eigenvalue weighted by molar-refractivity contribution is -0.122. The second-order valence-corrected chi connectivity index (χ2v) is 10.8. The average molecular weight is 539 g/mol. The molecule has 0 saturated heterocycles.